The number of halogens is 2. The van der Waals surface area contributed by atoms with Gasteiger partial charge in [0, 0.05) is 11.8 Å². The van der Waals surface area contributed by atoms with Crippen molar-refractivity contribution < 1.29 is 14.3 Å². The minimum atomic E-state index is -0.295. The smallest absolute Gasteiger partial charge is 0.266 e. The van der Waals surface area contributed by atoms with E-state index in [-0.39, 0.29) is 16.7 Å². The highest BCUT2D eigenvalue weighted by molar-refractivity contribution is 7.12. The molecule has 1 N–H and O–H groups in total. The van der Waals surface area contributed by atoms with Crippen LogP contribution in [0, 0.1) is 6.92 Å². The van der Waals surface area contributed by atoms with Crippen LogP contribution < -0.4 is 14.8 Å². The van der Waals surface area contributed by atoms with Crippen LogP contribution in [0.1, 0.15) is 20.8 Å². The predicted molar refractivity (Wildman–Crippen MR) is 109 cm³/mol. The standard InChI is InChI=1S/C19H16Cl2N2O3S/c1-11-3-4-15(16(5-11)25-2)26-9-12-6-17(27-10-12)19(24)23-18-14(21)7-13(20)8-22-18/h3-8,10H,9H2,1-2H3,(H,22,23,24). The molecule has 3 aromatic rings. The molecule has 0 aliphatic carbocycles. The van der Waals surface area contributed by atoms with Gasteiger partial charge in [-0.15, -0.1) is 11.3 Å². The summed E-state index contributed by atoms with van der Waals surface area (Å²) in [6.45, 7) is 2.31. The Morgan fingerprint density at radius 3 is 2.78 bits per heavy atom. The first-order chi connectivity index (χ1) is 13.0. The van der Waals surface area contributed by atoms with Gasteiger partial charge in [-0.25, -0.2) is 4.98 Å². The maximum absolute atomic E-state index is 12.4. The van der Waals surface area contributed by atoms with Gasteiger partial charge in [0.1, 0.15) is 6.61 Å². The average Bonchev–Trinajstić information content (AvgIpc) is 3.12. The number of rotatable bonds is 6. The molecule has 1 aromatic carbocycles. The number of methoxy groups -OCH3 is 1. The molecule has 0 saturated carbocycles. The Hall–Kier alpha value is -2.28. The third-order valence-electron chi connectivity index (χ3n) is 3.63. The number of anilines is 1. The SMILES string of the molecule is COc1cc(C)ccc1OCc1csc(C(=O)Nc2ncc(Cl)cc2Cl)c1. The van der Waals surface area contributed by atoms with E-state index in [2.05, 4.69) is 10.3 Å². The molecule has 0 fully saturated rings. The van der Waals surface area contributed by atoms with Crippen molar-refractivity contribution in [2.75, 3.05) is 12.4 Å². The van der Waals surface area contributed by atoms with Crippen molar-refractivity contribution in [2.24, 2.45) is 0 Å². The van der Waals surface area contributed by atoms with Crippen LogP contribution in [0.25, 0.3) is 0 Å². The molecule has 0 aliphatic heterocycles. The van der Waals surface area contributed by atoms with Gasteiger partial charge in [-0.3, -0.25) is 4.79 Å². The van der Waals surface area contributed by atoms with E-state index in [1.54, 1.807) is 13.2 Å². The van der Waals surface area contributed by atoms with Crippen LogP contribution in [0.2, 0.25) is 10.0 Å². The van der Waals surface area contributed by atoms with Gasteiger partial charge in [0.25, 0.3) is 5.91 Å². The fourth-order valence-corrected chi connectivity index (χ4v) is 3.52. The largest absolute Gasteiger partial charge is 0.493 e. The third-order valence-corrected chi connectivity index (χ3v) is 5.10. The highest BCUT2D eigenvalue weighted by Gasteiger charge is 2.13. The molecule has 2 heterocycles. The Morgan fingerprint density at radius 1 is 1.22 bits per heavy atom. The molecular weight excluding hydrogens is 407 g/mol. The zero-order chi connectivity index (χ0) is 19.4. The zero-order valence-corrected chi connectivity index (χ0v) is 16.9. The van der Waals surface area contributed by atoms with Crippen LogP contribution in [-0.4, -0.2) is 18.0 Å². The molecule has 0 bridgehead atoms. The Balaban J connectivity index is 1.65. The van der Waals surface area contributed by atoms with Crippen molar-refractivity contribution in [3.05, 3.63) is 68.0 Å². The predicted octanol–water partition coefficient (Wildman–Crippen LogP) is 5.60. The molecule has 0 radical (unpaired) electrons. The van der Waals surface area contributed by atoms with E-state index in [9.17, 15) is 4.79 Å². The van der Waals surface area contributed by atoms with E-state index in [4.69, 9.17) is 32.7 Å². The number of hydrogen-bond donors (Lipinski definition) is 1. The molecule has 0 atom stereocenters. The van der Waals surface area contributed by atoms with Gasteiger partial charge in [0.15, 0.2) is 17.3 Å². The van der Waals surface area contributed by atoms with E-state index >= 15 is 0 Å². The van der Waals surface area contributed by atoms with Crippen molar-refractivity contribution in [2.45, 2.75) is 13.5 Å². The van der Waals surface area contributed by atoms with E-state index in [0.29, 0.717) is 28.0 Å². The number of thiophene rings is 1. The number of nitrogens with zero attached hydrogens (tertiary/aromatic N) is 1. The third kappa shape index (κ3) is 4.91. The van der Waals surface area contributed by atoms with Gasteiger partial charge >= 0.3 is 0 Å². The molecule has 5 nitrogen and oxygen atoms in total. The van der Waals surface area contributed by atoms with Gasteiger partial charge in [-0.2, -0.15) is 0 Å². The summed E-state index contributed by atoms with van der Waals surface area (Å²) in [6, 6.07) is 9.01. The lowest BCUT2D eigenvalue weighted by atomic mass is 10.2. The summed E-state index contributed by atoms with van der Waals surface area (Å²) in [7, 11) is 1.60. The minimum Gasteiger partial charge on any atom is -0.493 e. The van der Waals surface area contributed by atoms with E-state index in [0.717, 1.165) is 11.1 Å². The van der Waals surface area contributed by atoms with Gasteiger partial charge in [-0.1, -0.05) is 29.3 Å². The van der Waals surface area contributed by atoms with Gasteiger partial charge in [0.2, 0.25) is 0 Å². The van der Waals surface area contributed by atoms with Crippen molar-refractivity contribution in [1.82, 2.24) is 4.98 Å². The summed E-state index contributed by atoms with van der Waals surface area (Å²) in [6.07, 6.45) is 1.42. The number of ether oxygens (including phenoxy) is 2. The average molecular weight is 423 g/mol. The lowest BCUT2D eigenvalue weighted by Gasteiger charge is -2.10. The van der Waals surface area contributed by atoms with Crippen molar-refractivity contribution in [3.8, 4) is 11.5 Å². The first-order valence-electron chi connectivity index (χ1n) is 7.93. The molecule has 0 spiro atoms. The highest BCUT2D eigenvalue weighted by atomic mass is 35.5. The molecule has 0 aliphatic rings. The lowest BCUT2D eigenvalue weighted by Crippen LogP contribution is -2.11. The summed E-state index contributed by atoms with van der Waals surface area (Å²) in [5.74, 6) is 1.29. The van der Waals surface area contributed by atoms with Crippen molar-refractivity contribution in [3.63, 3.8) is 0 Å². The minimum absolute atomic E-state index is 0.265. The number of pyridine rings is 1. The summed E-state index contributed by atoms with van der Waals surface area (Å²) in [5, 5.41) is 5.22. The second-order valence-electron chi connectivity index (χ2n) is 5.70. The molecular formula is C19H16Cl2N2O3S. The van der Waals surface area contributed by atoms with Crippen LogP contribution in [0.3, 0.4) is 0 Å². The maximum atomic E-state index is 12.4. The van der Waals surface area contributed by atoms with Crippen LogP contribution >= 0.6 is 34.5 Å². The number of aryl methyl sites for hydroxylation is 1. The second kappa shape index (κ2) is 8.61. The fourth-order valence-electron chi connectivity index (χ4n) is 2.30. The topological polar surface area (TPSA) is 60.5 Å². The van der Waals surface area contributed by atoms with Crippen molar-refractivity contribution in [1.29, 1.82) is 0 Å². The first kappa shape index (κ1) is 19.5. The number of hydrogen-bond acceptors (Lipinski definition) is 5. The number of carbonyl (C=O) groups is 1. The van der Waals surface area contributed by atoms with Crippen LogP contribution in [0.15, 0.2) is 41.9 Å². The Morgan fingerprint density at radius 2 is 2.04 bits per heavy atom. The first-order valence-corrected chi connectivity index (χ1v) is 9.57. The normalized spacial score (nSPS) is 10.5. The zero-order valence-electron chi connectivity index (χ0n) is 14.6. The molecule has 140 valence electrons. The van der Waals surface area contributed by atoms with Crippen LogP contribution in [-0.2, 0) is 6.61 Å². The number of benzene rings is 1. The molecule has 27 heavy (non-hydrogen) atoms. The summed E-state index contributed by atoms with van der Waals surface area (Å²) >= 11 is 13.2. The Kier molecular flexibility index (Phi) is 6.21. The van der Waals surface area contributed by atoms with Gasteiger partial charge in [0.05, 0.1) is 22.0 Å². The highest BCUT2D eigenvalue weighted by Crippen LogP contribution is 2.29. The lowest BCUT2D eigenvalue weighted by molar-refractivity contribution is 0.103. The number of aromatic nitrogens is 1. The monoisotopic (exact) mass is 422 g/mol. The number of amides is 1. The molecule has 1 amide bonds. The molecule has 0 unspecified atom stereocenters. The van der Waals surface area contributed by atoms with Crippen LogP contribution in [0.5, 0.6) is 11.5 Å². The molecule has 2 aromatic heterocycles. The van der Waals surface area contributed by atoms with E-state index in [1.807, 2.05) is 30.5 Å². The van der Waals surface area contributed by atoms with Gasteiger partial charge in [-0.05, 0) is 42.1 Å². The Labute approximate surface area is 170 Å². The Bertz CT molecular complexity index is 975. The number of carbonyl (C=O) groups excluding carboxylic acids is 1. The van der Waals surface area contributed by atoms with E-state index in [1.165, 1.54) is 23.6 Å². The molecule has 3 rings (SSSR count). The fraction of sp³-hybridized carbons (Fsp3) is 0.158. The van der Waals surface area contributed by atoms with E-state index < -0.39 is 0 Å². The molecule has 0 saturated heterocycles. The summed E-state index contributed by atoms with van der Waals surface area (Å²) in [5.41, 5.74) is 1.96. The number of nitrogens with one attached hydrogen (secondary N) is 1. The quantitative estimate of drug-likeness (QED) is 0.561. The van der Waals surface area contributed by atoms with Crippen molar-refractivity contribution >= 4 is 46.3 Å². The maximum Gasteiger partial charge on any atom is 0.266 e. The summed E-state index contributed by atoms with van der Waals surface area (Å²) < 4.78 is 11.1. The summed E-state index contributed by atoms with van der Waals surface area (Å²) in [4.78, 5) is 16.9. The second-order valence-corrected chi connectivity index (χ2v) is 7.46. The molecule has 8 heteroatoms. The van der Waals surface area contributed by atoms with Crippen LogP contribution in [0.4, 0.5) is 5.82 Å². The van der Waals surface area contributed by atoms with Gasteiger partial charge < -0.3 is 14.8 Å².